The fourth-order valence-corrected chi connectivity index (χ4v) is 3.25. The first-order valence-electron chi connectivity index (χ1n) is 8.96. The van der Waals surface area contributed by atoms with Crippen LogP contribution in [0.5, 0.6) is 0 Å². The Balaban J connectivity index is 1.47. The third-order valence-electron chi connectivity index (χ3n) is 4.69. The summed E-state index contributed by atoms with van der Waals surface area (Å²) in [5.74, 6) is -0.554. The van der Waals surface area contributed by atoms with Crippen molar-refractivity contribution in [3.8, 4) is 0 Å². The standard InChI is InChI=1S/C22H18FN3O2/c23-18-7-4-15(5-8-18)14-26-20-9-6-16(11-17(20)12-21(26)27)22(28)25-13-19-3-1-2-10-24-19/h1-11H,12-14H2,(H,25,28). The van der Waals surface area contributed by atoms with E-state index in [2.05, 4.69) is 10.3 Å². The fourth-order valence-electron chi connectivity index (χ4n) is 3.25. The Labute approximate surface area is 161 Å². The maximum absolute atomic E-state index is 13.1. The molecule has 0 fully saturated rings. The number of carbonyl (C=O) groups is 2. The van der Waals surface area contributed by atoms with Crippen LogP contribution in [-0.4, -0.2) is 16.8 Å². The number of aromatic nitrogens is 1. The molecule has 2 aromatic carbocycles. The molecule has 0 radical (unpaired) electrons. The first-order chi connectivity index (χ1) is 13.6. The van der Waals surface area contributed by atoms with Gasteiger partial charge in [-0.05, 0) is 53.6 Å². The fraction of sp³-hybridized carbons (Fsp3) is 0.136. The van der Waals surface area contributed by atoms with Crippen molar-refractivity contribution in [2.24, 2.45) is 0 Å². The lowest BCUT2D eigenvalue weighted by Crippen LogP contribution is -2.26. The van der Waals surface area contributed by atoms with Crippen LogP contribution in [0.3, 0.4) is 0 Å². The molecule has 140 valence electrons. The van der Waals surface area contributed by atoms with Gasteiger partial charge in [-0.3, -0.25) is 14.6 Å². The summed E-state index contributed by atoms with van der Waals surface area (Å²) in [4.78, 5) is 30.7. The number of benzene rings is 2. The van der Waals surface area contributed by atoms with Gasteiger partial charge in [0.2, 0.25) is 5.91 Å². The normalized spacial score (nSPS) is 12.8. The molecular weight excluding hydrogens is 357 g/mol. The van der Waals surface area contributed by atoms with E-state index in [1.807, 2.05) is 18.2 Å². The summed E-state index contributed by atoms with van der Waals surface area (Å²) < 4.78 is 13.1. The van der Waals surface area contributed by atoms with E-state index < -0.39 is 0 Å². The van der Waals surface area contributed by atoms with E-state index >= 15 is 0 Å². The maximum atomic E-state index is 13.1. The van der Waals surface area contributed by atoms with Crippen LogP contribution in [0.2, 0.25) is 0 Å². The zero-order valence-electron chi connectivity index (χ0n) is 15.1. The molecule has 28 heavy (non-hydrogen) atoms. The van der Waals surface area contributed by atoms with Gasteiger partial charge in [0.15, 0.2) is 0 Å². The summed E-state index contributed by atoms with van der Waals surface area (Å²) in [5.41, 5.74) is 3.73. The Morgan fingerprint density at radius 3 is 2.68 bits per heavy atom. The van der Waals surface area contributed by atoms with Crippen LogP contribution in [0.25, 0.3) is 0 Å². The lowest BCUT2D eigenvalue weighted by molar-refractivity contribution is -0.117. The van der Waals surface area contributed by atoms with Crippen LogP contribution in [-0.2, 0) is 24.3 Å². The number of halogens is 1. The van der Waals surface area contributed by atoms with Gasteiger partial charge in [0, 0.05) is 17.4 Å². The molecule has 2 heterocycles. The predicted molar refractivity (Wildman–Crippen MR) is 103 cm³/mol. The van der Waals surface area contributed by atoms with Crippen molar-refractivity contribution in [1.29, 1.82) is 0 Å². The SMILES string of the molecule is O=C(NCc1ccccn1)c1ccc2c(c1)CC(=O)N2Cc1ccc(F)cc1. The van der Waals surface area contributed by atoms with Gasteiger partial charge in [-0.1, -0.05) is 18.2 Å². The number of anilines is 1. The molecule has 2 amide bonds. The van der Waals surface area contributed by atoms with Crippen molar-refractivity contribution in [2.75, 3.05) is 4.90 Å². The number of carbonyl (C=O) groups excluding carboxylic acids is 2. The van der Waals surface area contributed by atoms with Crippen molar-refractivity contribution in [3.63, 3.8) is 0 Å². The molecule has 6 heteroatoms. The highest BCUT2D eigenvalue weighted by Crippen LogP contribution is 2.31. The minimum atomic E-state index is -0.307. The average molecular weight is 375 g/mol. The van der Waals surface area contributed by atoms with Crippen LogP contribution in [0.15, 0.2) is 66.9 Å². The van der Waals surface area contributed by atoms with Crippen molar-refractivity contribution >= 4 is 17.5 Å². The topological polar surface area (TPSA) is 62.3 Å². The zero-order chi connectivity index (χ0) is 19.5. The number of hydrogen-bond acceptors (Lipinski definition) is 3. The Morgan fingerprint density at radius 1 is 1.11 bits per heavy atom. The lowest BCUT2D eigenvalue weighted by atomic mass is 10.1. The summed E-state index contributed by atoms with van der Waals surface area (Å²) in [5, 5.41) is 2.84. The van der Waals surface area contributed by atoms with E-state index in [1.54, 1.807) is 41.4 Å². The first kappa shape index (κ1) is 17.9. The number of pyridine rings is 1. The molecule has 4 rings (SSSR count). The van der Waals surface area contributed by atoms with Gasteiger partial charge in [0.25, 0.3) is 5.91 Å². The minimum absolute atomic E-state index is 0.0367. The number of fused-ring (bicyclic) bond motifs is 1. The molecule has 0 saturated heterocycles. The number of hydrogen-bond donors (Lipinski definition) is 1. The van der Waals surface area contributed by atoms with Crippen molar-refractivity contribution < 1.29 is 14.0 Å². The van der Waals surface area contributed by atoms with Gasteiger partial charge in [0.05, 0.1) is 25.2 Å². The van der Waals surface area contributed by atoms with E-state index in [1.165, 1.54) is 12.1 Å². The van der Waals surface area contributed by atoms with Gasteiger partial charge in [0.1, 0.15) is 5.82 Å². The Morgan fingerprint density at radius 2 is 1.93 bits per heavy atom. The van der Waals surface area contributed by atoms with Gasteiger partial charge in [-0.15, -0.1) is 0 Å². The molecule has 0 saturated carbocycles. The molecule has 0 unspecified atom stereocenters. The van der Waals surface area contributed by atoms with Crippen molar-refractivity contribution in [3.05, 3.63) is 95.1 Å². The monoisotopic (exact) mass is 375 g/mol. The van der Waals surface area contributed by atoms with E-state index in [9.17, 15) is 14.0 Å². The number of nitrogens with one attached hydrogen (secondary N) is 1. The summed E-state index contributed by atoms with van der Waals surface area (Å²) in [6, 6.07) is 16.9. The molecule has 1 aromatic heterocycles. The molecule has 5 nitrogen and oxygen atoms in total. The number of amides is 2. The Kier molecular flexibility index (Phi) is 4.85. The molecule has 3 aromatic rings. The molecule has 0 aliphatic carbocycles. The third kappa shape index (κ3) is 3.76. The van der Waals surface area contributed by atoms with Gasteiger partial charge >= 0.3 is 0 Å². The highest BCUT2D eigenvalue weighted by Gasteiger charge is 2.28. The second-order valence-electron chi connectivity index (χ2n) is 6.63. The highest BCUT2D eigenvalue weighted by molar-refractivity contribution is 6.03. The molecule has 0 atom stereocenters. The molecule has 1 N–H and O–H groups in total. The van der Waals surface area contributed by atoms with Gasteiger partial charge in [-0.25, -0.2) is 4.39 Å². The molecule has 1 aliphatic rings. The van der Waals surface area contributed by atoms with Gasteiger partial charge in [-0.2, -0.15) is 0 Å². The highest BCUT2D eigenvalue weighted by atomic mass is 19.1. The summed E-state index contributed by atoms with van der Waals surface area (Å²) in [7, 11) is 0. The van der Waals surface area contributed by atoms with Gasteiger partial charge < -0.3 is 10.2 Å². The van der Waals surface area contributed by atoms with E-state index in [0.29, 0.717) is 18.7 Å². The first-order valence-corrected chi connectivity index (χ1v) is 8.96. The summed E-state index contributed by atoms with van der Waals surface area (Å²) >= 11 is 0. The quantitative estimate of drug-likeness (QED) is 0.745. The van der Waals surface area contributed by atoms with Crippen LogP contribution < -0.4 is 10.2 Å². The Hall–Kier alpha value is -3.54. The summed E-state index contributed by atoms with van der Waals surface area (Å²) in [6.45, 7) is 0.712. The smallest absolute Gasteiger partial charge is 0.251 e. The van der Waals surface area contributed by atoms with E-state index in [0.717, 1.165) is 22.5 Å². The lowest BCUT2D eigenvalue weighted by Gasteiger charge is -2.18. The summed E-state index contributed by atoms with van der Waals surface area (Å²) in [6.07, 6.45) is 1.93. The second-order valence-corrected chi connectivity index (χ2v) is 6.63. The van der Waals surface area contributed by atoms with Crippen LogP contribution in [0.4, 0.5) is 10.1 Å². The largest absolute Gasteiger partial charge is 0.346 e. The molecular formula is C22H18FN3O2. The zero-order valence-corrected chi connectivity index (χ0v) is 15.1. The van der Waals surface area contributed by atoms with Crippen molar-refractivity contribution in [1.82, 2.24) is 10.3 Å². The third-order valence-corrected chi connectivity index (χ3v) is 4.69. The molecule has 1 aliphatic heterocycles. The predicted octanol–water partition coefficient (Wildman–Crippen LogP) is 3.24. The van der Waals surface area contributed by atoms with Crippen LogP contribution >= 0.6 is 0 Å². The van der Waals surface area contributed by atoms with Crippen LogP contribution in [0, 0.1) is 5.82 Å². The number of rotatable bonds is 5. The second kappa shape index (κ2) is 7.60. The van der Waals surface area contributed by atoms with E-state index in [-0.39, 0.29) is 24.1 Å². The maximum Gasteiger partial charge on any atom is 0.251 e. The molecule has 0 spiro atoms. The average Bonchev–Trinajstić information content (AvgIpc) is 3.03. The van der Waals surface area contributed by atoms with E-state index in [4.69, 9.17) is 0 Å². The van der Waals surface area contributed by atoms with Crippen LogP contribution in [0.1, 0.15) is 27.2 Å². The Bertz CT molecular complexity index is 1020. The minimum Gasteiger partial charge on any atom is -0.346 e. The molecule has 0 bridgehead atoms. The van der Waals surface area contributed by atoms with Crippen molar-refractivity contribution in [2.45, 2.75) is 19.5 Å². The number of nitrogens with zero attached hydrogens (tertiary/aromatic N) is 2.